The molecule has 1 saturated heterocycles. The van der Waals surface area contributed by atoms with E-state index >= 15 is 0 Å². The summed E-state index contributed by atoms with van der Waals surface area (Å²) in [6.07, 6.45) is 0.0528. The fraction of sp³-hybridized carbons (Fsp3) is 0.375. The van der Waals surface area contributed by atoms with Crippen LogP contribution in [-0.4, -0.2) is 66.2 Å². The lowest BCUT2D eigenvalue weighted by atomic mass is 9.93. The minimum Gasteiger partial charge on any atom is -0.403 e. The number of hydrogen-bond donors (Lipinski definition) is 3. The molecule has 2 unspecified atom stereocenters. The molecule has 3 aromatic rings. The predicted molar refractivity (Wildman–Crippen MR) is 122 cm³/mol. The van der Waals surface area contributed by atoms with Gasteiger partial charge < -0.3 is 29.8 Å². The Balaban J connectivity index is 1.15. The number of amides is 1. The van der Waals surface area contributed by atoms with Gasteiger partial charge in [-0.2, -0.15) is 0 Å². The molecule has 0 aliphatic carbocycles. The van der Waals surface area contributed by atoms with Gasteiger partial charge in [0, 0.05) is 43.3 Å². The van der Waals surface area contributed by atoms with E-state index in [0.29, 0.717) is 30.7 Å². The van der Waals surface area contributed by atoms with Crippen molar-refractivity contribution in [1.82, 2.24) is 20.8 Å². The third-order valence-electron chi connectivity index (χ3n) is 6.14. The highest BCUT2D eigenvalue weighted by atomic mass is 16.5. The molecule has 9 nitrogen and oxygen atoms in total. The van der Waals surface area contributed by atoms with Gasteiger partial charge in [-0.25, -0.2) is 0 Å². The molecule has 2 aromatic carbocycles. The molecule has 2 aliphatic rings. The molecule has 172 valence electrons. The van der Waals surface area contributed by atoms with Crippen LogP contribution < -0.4 is 15.5 Å². The number of rotatable bonds is 6. The monoisotopic (exact) mass is 449 g/mol. The fourth-order valence-corrected chi connectivity index (χ4v) is 4.17. The van der Waals surface area contributed by atoms with E-state index in [1.54, 1.807) is 24.3 Å². The molecule has 2 atom stereocenters. The first-order chi connectivity index (χ1) is 16.2. The molecule has 1 amide bonds. The second kappa shape index (κ2) is 9.70. The fourth-order valence-electron chi connectivity index (χ4n) is 4.17. The summed E-state index contributed by atoms with van der Waals surface area (Å²) in [7, 11) is 0. The summed E-state index contributed by atoms with van der Waals surface area (Å²) in [5.74, 6) is 0.166. The van der Waals surface area contributed by atoms with E-state index in [1.165, 1.54) is 11.1 Å². The summed E-state index contributed by atoms with van der Waals surface area (Å²) in [6.45, 7) is 3.61. The standard InChI is InChI=1S/C24H27N5O4/c30-21(20-13-18-3-1-2-4-19(18)14-25-20)15-26-22(31)16-5-7-17(8-6-16)23-27-28-24(33-23)29-9-11-32-12-10-29/h1-8,20-21,25,30H,9-15H2,(H,26,31). The van der Waals surface area contributed by atoms with Crippen molar-refractivity contribution in [1.29, 1.82) is 0 Å². The Kier molecular flexibility index (Phi) is 6.34. The van der Waals surface area contributed by atoms with E-state index in [2.05, 4.69) is 33.0 Å². The number of morpholine rings is 1. The maximum atomic E-state index is 12.6. The SMILES string of the molecule is O=C(NCC(O)C1Cc2ccccc2CN1)c1ccc(-c2nnc(N3CCOCC3)o2)cc1. The van der Waals surface area contributed by atoms with Crippen molar-refractivity contribution in [3.05, 3.63) is 65.2 Å². The largest absolute Gasteiger partial charge is 0.403 e. The average Bonchev–Trinajstić information content (AvgIpc) is 3.38. The lowest BCUT2D eigenvalue weighted by Crippen LogP contribution is -2.49. The van der Waals surface area contributed by atoms with E-state index < -0.39 is 6.10 Å². The van der Waals surface area contributed by atoms with Gasteiger partial charge in [0.25, 0.3) is 5.91 Å². The van der Waals surface area contributed by atoms with E-state index in [0.717, 1.165) is 31.6 Å². The minimum atomic E-state index is -0.682. The van der Waals surface area contributed by atoms with Gasteiger partial charge in [0.15, 0.2) is 0 Å². The van der Waals surface area contributed by atoms with Gasteiger partial charge in [-0.3, -0.25) is 4.79 Å². The highest BCUT2D eigenvalue weighted by Gasteiger charge is 2.25. The Morgan fingerprint density at radius 1 is 1.12 bits per heavy atom. The van der Waals surface area contributed by atoms with Gasteiger partial charge in [-0.1, -0.05) is 29.4 Å². The quantitative estimate of drug-likeness (QED) is 0.517. The first-order valence-electron chi connectivity index (χ1n) is 11.2. The summed E-state index contributed by atoms with van der Waals surface area (Å²) in [5, 5.41) is 25.0. The highest BCUT2D eigenvalue weighted by molar-refractivity contribution is 5.94. The van der Waals surface area contributed by atoms with Gasteiger partial charge in [0.2, 0.25) is 5.89 Å². The van der Waals surface area contributed by atoms with Gasteiger partial charge in [0.1, 0.15) is 0 Å². The van der Waals surface area contributed by atoms with E-state index in [4.69, 9.17) is 9.15 Å². The van der Waals surface area contributed by atoms with Crippen molar-refractivity contribution in [2.75, 3.05) is 37.7 Å². The zero-order valence-electron chi connectivity index (χ0n) is 18.2. The highest BCUT2D eigenvalue weighted by Crippen LogP contribution is 2.23. The summed E-state index contributed by atoms with van der Waals surface area (Å²) in [5.41, 5.74) is 3.73. The molecule has 5 rings (SSSR count). The number of anilines is 1. The first-order valence-corrected chi connectivity index (χ1v) is 11.2. The topological polar surface area (TPSA) is 113 Å². The molecular formula is C24H27N5O4. The Morgan fingerprint density at radius 2 is 1.88 bits per heavy atom. The molecule has 0 saturated carbocycles. The Hall–Kier alpha value is -3.27. The maximum Gasteiger partial charge on any atom is 0.318 e. The minimum absolute atomic E-state index is 0.0965. The van der Waals surface area contributed by atoms with E-state index in [9.17, 15) is 9.90 Å². The number of aromatic nitrogens is 2. The summed E-state index contributed by atoms with van der Waals surface area (Å²) < 4.78 is 11.1. The number of carbonyl (C=O) groups excluding carboxylic acids is 1. The number of hydrogen-bond acceptors (Lipinski definition) is 8. The van der Waals surface area contributed by atoms with Crippen LogP contribution in [0.15, 0.2) is 52.9 Å². The Morgan fingerprint density at radius 3 is 2.67 bits per heavy atom. The van der Waals surface area contributed by atoms with Gasteiger partial charge in [-0.05, 0) is 41.8 Å². The van der Waals surface area contributed by atoms with Crippen LogP contribution in [0.5, 0.6) is 0 Å². The average molecular weight is 450 g/mol. The molecule has 0 bridgehead atoms. The zero-order chi connectivity index (χ0) is 22.6. The number of aliphatic hydroxyl groups excluding tert-OH is 1. The van der Waals surface area contributed by atoms with Crippen LogP contribution in [0.25, 0.3) is 11.5 Å². The lowest BCUT2D eigenvalue weighted by Gasteiger charge is -2.30. The third-order valence-corrected chi connectivity index (χ3v) is 6.14. The molecule has 1 aromatic heterocycles. The second-order valence-electron chi connectivity index (χ2n) is 8.30. The predicted octanol–water partition coefficient (Wildman–Crippen LogP) is 1.38. The van der Waals surface area contributed by atoms with Crippen LogP contribution in [0.3, 0.4) is 0 Å². The number of fused-ring (bicyclic) bond motifs is 1. The van der Waals surface area contributed by atoms with Crippen LogP contribution in [0.2, 0.25) is 0 Å². The van der Waals surface area contributed by atoms with Crippen molar-refractivity contribution in [3.63, 3.8) is 0 Å². The van der Waals surface area contributed by atoms with Gasteiger partial charge >= 0.3 is 6.01 Å². The van der Waals surface area contributed by atoms with Gasteiger partial charge in [0.05, 0.1) is 19.3 Å². The normalized spacial score (nSPS) is 19.1. The molecular weight excluding hydrogens is 422 g/mol. The van der Waals surface area contributed by atoms with Crippen molar-refractivity contribution >= 4 is 11.9 Å². The second-order valence-corrected chi connectivity index (χ2v) is 8.30. The molecule has 3 heterocycles. The number of ether oxygens (including phenoxy) is 1. The number of carbonyl (C=O) groups is 1. The molecule has 1 fully saturated rings. The van der Waals surface area contributed by atoms with Crippen LogP contribution in [-0.2, 0) is 17.7 Å². The molecule has 0 spiro atoms. The molecule has 0 radical (unpaired) electrons. The van der Waals surface area contributed by atoms with Crippen LogP contribution in [0.1, 0.15) is 21.5 Å². The van der Waals surface area contributed by atoms with Crippen molar-refractivity contribution in [3.8, 4) is 11.5 Å². The smallest absolute Gasteiger partial charge is 0.318 e. The lowest BCUT2D eigenvalue weighted by molar-refractivity contribution is 0.0870. The Bertz CT molecular complexity index is 1090. The Labute approximate surface area is 191 Å². The third kappa shape index (κ3) is 4.90. The molecule has 33 heavy (non-hydrogen) atoms. The van der Waals surface area contributed by atoms with Crippen LogP contribution >= 0.6 is 0 Å². The maximum absolute atomic E-state index is 12.6. The molecule has 2 aliphatic heterocycles. The van der Waals surface area contributed by atoms with Crippen LogP contribution in [0.4, 0.5) is 6.01 Å². The van der Waals surface area contributed by atoms with Crippen LogP contribution in [0, 0.1) is 0 Å². The van der Waals surface area contributed by atoms with Crippen molar-refractivity contribution in [2.24, 2.45) is 0 Å². The molecule has 3 N–H and O–H groups in total. The number of nitrogens with one attached hydrogen (secondary N) is 2. The zero-order valence-corrected chi connectivity index (χ0v) is 18.2. The van der Waals surface area contributed by atoms with E-state index in [1.807, 2.05) is 17.0 Å². The molecule has 9 heteroatoms. The van der Waals surface area contributed by atoms with Gasteiger partial charge in [-0.15, -0.1) is 5.10 Å². The van der Waals surface area contributed by atoms with E-state index in [-0.39, 0.29) is 18.5 Å². The summed E-state index contributed by atoms with van der Waals surface area (Å²) >= 11 is 0. The summed E-state index contributed by atoms with van der Waals surface area (Å²) in [6, 6.07) is 15.6. The van der Waals surface area contributed by atoms with Crippen molar-refractivity contribution in [2.45, 2.75) is 25.1 Å². The summed E-state index contributed by atoms with van der Waals surface area (Å²) in [4.78, 5) is 14.6. The first kappa shape index (κ1) is 21.6. The van der Waals surface area contributed by atoms with Crippen molar-refractivity contribution < 1.29 is 19.1 Å². The number of benzene rings is 2. The number of nitrogens with zero attached hydrogens (tertiary/aromatic N) is 3. The number of aliphatic hydroxyl groups is 1.